The molecule has 0 saturated heterocycles. The average molecular weight is 410 g/mol. The van der Waals surface area contributed by atoms with Crippen LogP contribution in [-0.2, 0) is 4.79 Å². The fourth-order valence-corrected chi connectivity index (χ4v) is 1.91. The maximum Gasteiger partial charge on any atom is 0.394 e. The normalized spacial score (nSPS) is 14.6. The van der Waals surface area contributed by atoms with E-state index in [2.05, 4.69) is 30.3 Å². The van der Waals surface area contributed by atoms with E-state index in [0.717, 1.165) is 11.6 Å². The number of hydroxylamine groups is 1. The number of halogens is 4. The summed E-state index contributed by atoms with van der Waals surface area (Å²) in [7, 11) is 0. The standard InChI is InChI=1S/C20H18F4N2O3/c1-4-19(3,21)12-6-5-7-14-8-10-15(11-9-14)17(27)25-16(18(28)26-29)13(2)20(22,23)24/h4,8-11,13,16,29H,1H2,2-3H3,(H,25,27)(H,26,28). The SMILES string of the molecule is C=CC(C)(F)C#CC#Cc1ccc(C(=O)NC(C(=O)NO)C(C)C(F)(F)F)cc1. The molecule has 0 aliphatic carbocycles. The Kier molecular flexibility index (Phi) is 7.99. The number of amides is 2. The first kappa shape index (κ1) is 23.7. The summed E-state index contributed by atoms with van der Waals surface area (Å²) in [4.78, 5) is 23.7. The molecular weight excluding hydrogens is 392 g/mol. The van der Waals surface area contributed by atoms with Crippen molar-refractivity contribution in [3.63, 3.8) is 0 Å². The minimum absolute atomic E-state index is 0.0326. The lowest BCUT2D eigenvalue weighted by Crippen LogP contribution is -2.53. The molecule has 1 aromatic rings. The average Bonchev–Trinajstić information content (AvgIpc) is 2.67. The number of rotatable bonds is 5. The third-order valence-electron chi connectivity index (χ3n) is 3.80. The second-order valence-corrected chi connectivity index (χ2v) is 6.11. The van der Waals surface area contributed by atoms with Crippen LogP contribution < -0.4 is 10.8 Å². The van der Waals surface area contributed by atoms with E-state index in [1.807, 2.05) is 5.32 Å². The third-order valence-corrected chi connectivity index (χ3v) is 3.80. The summed E-state index contributed by atoms with van der Waals surface area (Å²) in [5.41, 5.74) is -0.377. The van der Waals surface area contributed by atoms with Crippen LogP contribution in [0.15, 0.2) is 36.9 Å². The molecule has 3 atom stereocenters. The van der Waals surface area contributed by atoms with Crippen LogP contribution in [0.1, 0.15) is 29.8 Å². The van der Waals surface area contributed by atoms with E-state index in [-0.39, 0.29) is 5.56 Å². The van der Waals surface area contributed by atoms with Gasteiger partial charge in [-0.1, -0.05) is 19.4 Å². The number of carbonyl (C=O) groups is 2. The first-order valence-corrected chi connectivity index (χ1v) is 8.18. The van der Waals surface area contributed by atoms with Gasteiger partial charge in [-0.2, -0.15) is 13.2 Å². The van der Waals surface area contributed by atoms with Crippen molar-refractivity contribution in [2.75, 3.05) is 0 Å². The van der Waals surface area contributed by atoms with Gasteiger partial charge in [0.1, 0.15) is 6.04 Å². The first-order valence-electron chi connectivity index (χ1n) is 8.18. The highest BCUT2D eigenvalue weighted by atomic mass is 19.4. The summed E-state index contributed by atoms with van der Waals surface area (Å²) >= 11 is 0. The van der Waals surface area contributed by atoms with Gasteiger partial charge in [0.25, 0.3) is 11.8 Å². The molecule has 0 radical (unpaired) electrons. The predicted octanol–water partition coefficient (Wildman–Crippen LogP) is 2.76. The van der Waals surface area contributed by atoms with Crippen LogP contribution in [0.5, 0.6) is 0 Å². The van der Waals surface area contributed by atoms with Crippen molar-refractivity contribution in [2.24, 2.45) is 5.92 Å². The number of nitrogens with one attached hydrogen (secondary N) is 2. The smallest absolute Gasteiger partial charge is 0.340 e. The van der Waals surface area contributed by atoms with E-state index in [1.54, 1.807) is 0 Å². The minimum atomic E-state index is -4.77. The molecule has 0 aromatic heterocycles. The fraction of sp³-hybridized carbons (Fsp3) is 0.300. The molecule has 0 spiro atoms. The number of benzene rings is 1. The van der Waals surface area contributed by atoms with Gasteiger partial charge >= 0.3 is 6.18 Å². The quantitative estimate of drug-likeness (QED) is 0.230. The van der Waals surface area contributed by atoms with Gasteiger partial charge in [0.15, 0.2) is 5.67 Å². The Labute approximate surface area is 165 Å². The van der Waals surface area contributed by atoms with E-state index < -0.39 is 35.6 Å². The highest BCUT2D eigenvalue weighted by Crippen LogP contribution is 2.28. The Morgan fingerprint density at radius 1 is 1.17 bits per heavy atom. The lowest BCUT2D eigenvalue weighted by molar-refractivity contribution is -0.181. The van der Waals surface area contributed by atoms with Gasteiger partial charge in [0, 0.05) is 11.1 Å². The molecular formula is C20H18F4N2O3. The monoisotopic (exact) mass is 410 g/mol. The van der Waals surface area contributed by atoms with Crippen molar-refractivity contribution in [3.05, 3.63) is 48.0 Å². The Morgan fingerprint density at radius 2 is 1.76 bits per heavy atom. The molecule has 154 valence electrons. The molecule has 0 heterocycles. The highest BCUT2D eigenvalue weighted by molar-refractivity contribution is 5.97. The molecule has 0 aliphatic heterocycles. The van der Waals surface area contributed by atoms with Crippen LogP contribution in [0.4, 0.5) is 17.6 Å². The molecule has 29 heavy (non-hydrogen) atoms. The van der Waals surface area contributed by atoms with Crippen molar-refractivity contribution in [1.82, 2.24) is 10.8 Å². The van der Waals surface area contributed by atoms with E-state index >= 15 is 0 Å². The van der Waals surface area contributed by atoms with Crippen LogP contribution in [0, 0.1) is 29.6 Å². The number of hydrogen-bond donors (Lipinski definition) is 3. The van der Waals surface area contributed by atoms with Crippen molar-refractivity contribution in [3.8, 4) is 23.7 Å². The molecule has 1 aromatic carbocycles. The van der Waals surface area contributed by atoms with Gasteiger partial charge < -0.3 is 5.32 Å². The van der Waals surface area contributed by atoms with E-state index in [0.29, 0.717) is 12.5 Å². The topological polar surface area (TPSA) is 78.4 Å². The zero-order valence-electron chi connectivity index (χ0n) is 15.5. The highest BCUT2D eigenvalue weighted by Gasteiger charge is 2.45. The zero-order valence-corrected chi connectivity index (χ0v) is 15.5. The molecule has 2 amide bonds. The van der Waals surface area contributed by atoms with Gasteiger partial charge in [0.05, 0.1) is 5.92 Å². The Hall–Kier alpha value is -3.30. The molecule has 3 unspecified atom stereocenters. The fourth-order valence-electron chi connectivity index (χ4n) is 1.91. The second-order valence-electron chi connectivity index (χ2n) is 6.11. The molecule has 1 rings (SSSR count). The van der Waals surface area contributed by atoms with E-state index in [1.165, 1.54) is 31.2 Å². The Morgan fingerprint density at radius 3 is 2.24 bits per heavy atom. The summed E-state index contributed by atoms with van der Waals surface area (Å²) < 4.78 is 52.1. The maximum absolute atomic E-state index is 13.5. The summed E-state index contributed by atoms with van der Waals surface area (Å²) in [5.74, 6) is 5.02. The molecule has 0 bridgehead atoms. The first-order chi connectivity index (χ1) is 13.4. The molecule has 0 saturated carbocycles. The van der Waals surface area contributed by atoms with Gasteiger partial charge in [-0.3, -0.25) is 14.8 Å². The van der Waals surface area contributed by atoms with Crippen LogP contribution in [-0.4, -0.2) is 34.9 Å². The molecule has 0 fully saturated rings. The van der Waals surface area contributed by atoms with Crippen molar-refractivity contribution >= 4 is 11.8 Å². The van der Waals surface area contributed by atoms with Gasteiger partial charge in [0.2, 0.25) is 0 Å². The van der Waals surface area contributed by atoms with Crippen molar-refractivity contribution in [1.29, 1.82) is 0 Å². The van der Waals surface area contributed by atoms with Crippen LogP contribution in [0.2, 0.25) is 0 Å². The maximum atomic E-state index is 13.5. The Balaban J connectivity index is 2.93. The lowest BCUT2D eigenvalue weighted by Gasteiger charge is -2.25. The van der Waals surface area contributed by atoms with Crippen molar-refractivity contribution in [2.45, 2.75) is 31.7 Å². The second kappa shape index (κ2) is 9.76. The van der Waals surface area contributed by atoms with Gasteiger partial charge in [-0.25, -0.2) is 9.87 Å². The molecule has 9 heteroatoms. The lowest BCUT2D eigenvalue weighted by atomic mass is 10.00. The van der Waals surface area contributed by atoms with Crippen LogP contribution >= 0.6 is 0 Å². The van der Waals surface area contributed by atoms with E-state index in [4.69, 9.17) is 5.21 Å². The number of alkyl halides is 4. The summed E-state index contributed by atoms with van der Waals surface area (Å²) in [6.07, 6.45) is -3.74. The minimum Gasteiger partial charge on any atom is -0.340 e. The zero-order chi connectivity index (χ0) is 22.2. The molecule has 5 nitrogen and oxygen atoms in total. The summed E-state index contributed by atoms with van der Waals surface area (Å²) in [6, 6.07) is 3.34. The van der Waals surface area contributed by atoms with Crippen molar-refractivity contribution < 1.29 is 32.4 Å². The number of hydrogen-bond acceptors (Lipinski definition) is 3. The Bertz CT molecular complexity index is 885. The van der Waals surface area contributed by atoms with E-state index in [9.17, 15) is 27.2 Å². The number of carbonyl (C=O) groups excluding carboxylic acids is 2. The van der Waals surface area contributed by atoms with Crippen LogP contribution in [0.25, 0.3) is 0 Å². The molecule has 0 aliphatic rings. The number of allylic oxidation sites excluding steroid dienone is 1. The van der Waals surface area contributed by atoms with Gasteiger partial charge in [-0.05, 0) is 55.0 Å². The predicted molar refractivity (Wildman–Crippen MR) is 97.2 cm³/mol. The van der Waals surface area contributed by atoms with Gasteiger partial charge in [-0.15, -0.1) is 0 Å². The molecule has 3 N–H and O–H groups in total. The largest absolute Gasteiger partial charge is 0.394 e. The third kappa shape index (κ3) is 7.32. The summed E-state index contributed by atoms with van der Waals surface area (Å²) in [6.45, 7) is 5.21. The summed E-state index contributed by atoms with van der Waals surface area (Å²) in [5, 5.41) is 10.6. The van der Waals surface area contributed by atoms with Crippen LogP contribution in [0.3, 0.4) is 0 Å².